The monoisotopic (exact) mass is 383 g/mol. The van der Waals surface area contributed by atoms with Crippen molar-refractivity contribution in [3.05, 3.63) is 52.3 Å². The quantitative estimate of drug-likeness (QED) is 0.796. The fraction of sp³-hybridized carbons (Fsp3) is 0.500. The second kappa shape index (κ2) is 8.59. The van der Waals surface area contributed by atoms with Crippen LogP contribution < -0.4 is 0 Å². The van der Waals surface area contributed by atoms with Crippen LogP contribution in [0.25, 0.3) is 0 Å². The average molecular weight is 383 g/mol. The predicted octanol–water partition coefficient (Wildman–Crippen LogP) is 3.25. The number of nitrogens with zero attached hydrogens (tertiary/aromatic N) is 3. The second-order valence-electron chi connectivity index (χ2n) is 7.77. The highest BCUT2D eigenvalue weighted by Crippen LogP contribution is 2.23. The van der Waals surface area contributed by atoms with Gasteiger partial charge in [-0.15, -0.1) is 0 Å². The Hall–Kier alpha value is -2.63. The number of rotatable bonds is 7. The molecule has 1 aliphatic rings. The largest absolute Gasteiger partial charge is 0.481 e. The van der Waals surface area contributed by atoms with Gasteiger partial charge in [0.15, 0.2) is 0 Å². The number of aliphatic carboxylic acids is 1. The van der Waals surface area contributed by atoms with Gasteiger partial charge in [-0.1, -0.05) is 29.8 Å². The van der Waals surface area contributed by atoms with E-state index in [2.05, 4.69) is 43.2 Å². The lowest BCUT2D eigenvalue weighted by Gasteiger charge is -2.23. The lowest BCUT2D eigenvalue weighted by molar-refractivity contribution is -0.139. The molecule has 1 aliphatic heterocycles. The van der Waals surface area contributed by atoms with Gasteiger partial charge in [-0.05, 0) is 51.2 Å². The Bertz CT molecular complexity index is 855. The molecule has 1 N–H and O–H groups in total. The van der Waals surface area contributed by atoms with Crippen LogP contribution in [0.15, 0.2) is 24.3 Å². The predicted molar refractivity (Wildman–Crippen MR) is 107 cm³/mol. The molecule has 6 nitrogen and oxygen atoms in total. The summed E-state index contributed by atoms with van der Waals surface area (Å²) in [6, 6.07) is 8.28. The maximum absolute atomic E-state index is 12.7. The number of carboxylic acids is 1. The lowest BCUT2D eigenvalue weighted by atomic mass is 10.1. The van der Waals surface area contributed by atoms with Gasteiger partial charge in [-0.3, -0.25) is 14.3 Å². The van der Waals surface area contributed by atoms with Gasteiger partial charge in [-0.2, -0.15) is 5.10 Å². The van der Waals surface area contributed by atoms with E-state index < -0.39 is 5.97 Å². The molecule has 28 heavy (non-hydrogen) atoms. The van der Waals surface area contributed by atoms with E-state index >= 15 is 0 Å². The van der Waals surface area contributed by atoms with Crippen molar-refractivity contribution in [1.29, 1.82) is 0 Å². The number of carboxylic acid groups (broad SMARTS) is 1. The Morgan fingerprint density at radius 1 is 1.18 bits per heavy atom. The number of amides is 1. The van der Waals surface area contributed by atoms with E-state index in [9.17, 15) is 9.59 Å². The molecule has 150 valence electrons. The fourth-order valence-corrected chi connectivity index (χ4v) is 4.07. The molecule has 1 atom stereocenters. The zero-order chi connectivity index (χ0) is 20.3. The molecule has 1 fully saturated rings. The summed E-state index contributed by atoms with van der Waals surface area (Å²) in [4.78, 5) is 25.4. The van der Waals surface area contributed by atoms with Crippen LogP contribution in [0.1, 0.15) is 53.8 Å². The van der Waals surface area contributed by atoms with Crippen LogP contribution in [0, 0.1) is 20.8 Å². The van der Waals surface area contributed by atoms with Crippen molar-refractivity contribution in [2.24, 2.45) is 0 Å². The SMILES string of the molecule is Cc1ccc(Cn2nc(C)c(CCC(=O)N3CCCC3CC(=O)O)c2C)cc1. The minimum atomic E-state index is -0.839. The first kappa shape index (κ1) is 20.1. The molecule has 2 aromatic rings. The number of likely N-dealkylation sites (tertiary alicyclic amines) is 1. The van der Waals surface area contributed by atoms with Crippen LogP contribution in [0.4, 0.5) is 0 Å². The van der Waals surface area contributed by atoms with Gasteiger partial charge in [0.1, 0.15) is 0 Å². The van der Waals surface area contributed by atoms with Crippen LogP contribution in [-0.2, 0) is 22.6 Å². The van der Waals surface area contributed by atoms with Gasteiger partial charge in [0.25, 0.3) is 0 Å². The van der Waals surface area contributed by atoms with Crippen molar-refractivity contribution >= 4 is 11.9 Å². The number of benzene rings is 1. The maximum Gasteiger partial charge on any atom is 0.305 e. The number of aryl methyl sites for hydroxylation is 2. The number of carbonyl (C=O) groups excluding carboxylic acids is 1. The summed E-state index contributed by atoms with van der Waals surface area (Å²) in [5.74, 6) is -0.789. The summed E-state index contributed by atoms with van der Waals surface area (Å²) in [5.41, 5.74) is 5.61. The Morgan fingerprint density at radius 2 is 1.89 bits per heavy atom. The molecule has 3 rings (SSSR count). The third-order valence-electron chi connectivity index (χ3n) is 5.68. The average Bonchev–Trinajstić information content (AvgIpc) is 3.19. The van der Waals surface area contributed by atoms with Crippen LogP contribution >= 0.6 is 0 Å². The number of hydrogen-bond acceptors (Lipinski definition) is 3. The van der Waals surface area contributed by atoms with E-state index in [1.54, 1.807) is 4.90 Å². The summed E-state index contributed by atoms with van der Waals surface area (Å²) in [6.07, 6.45) is 2.74. The van der Waals surface area contributed by atoms with Crippen molar-refractivity contribution in [3.63, 3.8) is 0 Å². The van der Waals surface area contributed by atoms with E-state index in [-0.39, 0.29) is 18.4 Å². The van der Waals surface area contributed by atoms with Crippen molar-refractivity contribution in [2.45, 2.75) is 65.5 Å². The molecule has 0 bridgehead atoms. The first-order valence-corrected chi connectivity index (χ1v) is 9.95. The van der Waals surface area contributed by atoms with Crippen LogP contribution in [0.2, 0.25) is 0 Å². The topological polar surface area (TPSA) is 75.4 Å². The van der Waals surface area contributed by atoms with E-state index in [0.29, 0.717) is 25.9 Å². The third kappa shape index (κ3) is 4.61. The molecule has 1 amide bonds. The van der Waals surface area contributed by atoms with Crippen molar-refractivity contribution in [2.75, 3.05) is 6.54 Å². The highest BCUT2D eigenvalue weighted by molar-refractivity contribution is 5.78. The van der Waals surface area contributed by atoms with Crippen LogP contribution in [-0.4, -0.2) is 44.3 Å². The molecule has 0 aliphatic carbocycles. The molecule has 0 spiro atoms. The first-order chi connectivity index (χ1) is 13.3. The van der Waals surface area contributed by atoms with Gasteiger partial charge in [0.05, 0.1) is 18.7 Å². The molecule has 2 heterocycles. The smallest absolute Gasteiger partial charge is 0.305 e. The molecule has 1 unspecified atom stereocenters. The molecular formula is C22H29N3O3. The lowest BCUT2D eigenvalue weighted by Crippen LogP contribution is -2.37. The van der Waals surface area contributed by atoms with E-state index in [1.165, 1.54) is 11.1 Å². The standard InChI is InChI=1S/C22H29N3O3/c1-15-6-8-18(9-7-15)14-25-17(3)20(16(2)23-25)10-11-21(26)24-12-4-5-19(24)13-22(27)28/h6-9,19H,4-5,10-14H2,1-3H3,(H,27,28). The summed E-state index contributed by atoms with van der Waals surface area (Å²) in [7, 11) is 0. The third-order valence-corrected chi connectivity index (χ3v) is 5.68. The Morgan fingerprint density at radius 3 is 2.57 bits per heavy atom. The van der Waals surface area contributed by atoms with Crippen molar-refractivity contribution < 1.29 is 14.7 Å². The number of hydrogen-bond donors (Lipinski definition) is 1. The Balaban J connectivity index is 1.64. The zero-order valence-corrected chi connectivity index (χ0v) is 16.9. The van der Waals surface area contributed by atoms with Gasteiger partial charge in [0.2, 0.25) is 5.91 Å². The van der Waals surface area contributed by atoms with Gasteiger partial charge >= 0.3 is 5.97 Å². The molecule has 1 aromatic carbocycles. The van der Waals surface area contributed by atoms with Gasteiger partial charge in [0, 0.05) is 24.7 Å². The minimum absolute atomic E-state index is 0.0400. The summed E-state index contributed by atoms with van der Waals surface area (Å²) in [5, 5.41) is 13.7. The zero-order valence-electron chi connectivity index (χ0n) is 16.9. The molecule has 0 radical (unpaired) electrons. The van der Waals surface area contributed by atoms with Crippen LogP contribution in [0.3, 0.4) is 0 Å². The van der Waals surface area contributed by atoms with Crippen molar-refractivity contribution in [1.82, 2.24) is 14.7 Å². The Labute approximate surface area is 166 Å². The molecule has 1 saturated heterocycles. The number of carbonyl (C=O) groups is 2. The first-order valence-electron chi connectivity index (χ1n) is 9.95. The highest BCUT2D eigenvalue weighted by atomic mass is 16.4. The molecule has 0 saturated carbocycles. The van der Waals surface area contributed by atoms with E-state index in [0.717, 1.165) is 29.8 Å². The maximum atomic E-state index is 12.7. The van der Waals surface area contributed by atoms with Crippen LogP contribution in [0.5, 0.6) is 0 Å². The molecular weight excluding hydrogens is 354 g/mol. The van der Waals surface area contributed by atoms with Gasteiger partial charge in [-0.25, -0.2) is 0 Å². The fourth-order valence-electron chi connectivity index (χ4n) is 4.07. The summed E-state index contributed by atoms with van der Waals surface area (Å²) >= 11 is 0. The van der Waals surface area contributed by atoms with E-state index in [4.69, 9.17) is 5.11 Å². The number of aromatic nitrogens is 2. The summed E-state index contributed by atoms with van der Waals surface area (Å²) < 4.78 is 2.00. The van der Waals surface area contributed by atoms with Gasteiger partial charge < -0.3 is 10.0 Å². The second-order valence-corrected chi connectivity index (χ2v) is 7.77. The molecule has 6 heteroatoms. The molecule has 1 aromatic heterocycles. The summed E-state index contributed by atoms with van der Waals surface area (Å²) in [6.45, 7) is 7.50. The normalized spacial score (nSPS) is 16.5. The minimum Gasteiger partial charge on any atom is -0.481 e. The highest BCUT2D eigenvalue weighted by Gasteiger charge is 2.30. The Kier molecular flexibility index (Phi) is 6.17. The van der Waals surface area contributed by atoms with Crippen molar-refractivity contribution in [3.8, 4) is 0 Å². The van der Waals surface area contributed by atoms with E-state index in [1.807, 2.05) is 11.6 Å².